The Morgan fingerprint density at radius 3 is 2.54 bits per heavy atom. The minimum Gasteiger partial charge on any atom is -0.458 e. The van der Waals surface area contributed by atoms with Crippen LogP contribution in [0, 0.1) is 34.5 Å². The number of hydrogen-bond acceptors (Lipinski definition) is 3. The molecule has 0 aromatic heterocycles. The molecular formula is C23H34O3. The Bertz CT molecular complexity index is 652. The highest BCUT2D eigenvalue weighted by atomic mass is 16.5. The molecular weight excluding hydrogens is 324 g/mol. The van der Waals surface area contributed by atoms with E-state index in [4.69, 9.17) is 4.74 Å². The summed E-state index contributed by atoms with van der Waals surface area (Å²) in [4.78, 5) is 11.5. The first-order valence-electron chi connectivity index (χ1n) is 10.4. The van der Waals surface area contributed by atoms with Crippen molar-refractivity contribution in [1.29, 1.82) is 0 Å². The van der Waals surface area contributed by atoms with E-state index in [1.807, 2.05) is 0 Å². The molecule has 0 heterocycles. The van der Waals surface area contributed by atoms with E-state index in [2.05, 4.69) is 27.0 Å². The Morgan fingerprint density at radius 1 is 1.12 bits per heavy atom. The lowest BCUT2D eigenvalue weighted by Gasteiger charge is -2.61. The second kappa shape index (κ2) is 5.95. The van der Waals surface area contributed by atoms with Crippen LogP contribution in [0.25, 0.3) is 0 Å². The molecule has 1 N–H and O–H groups in total. The standard InChI is InChI=1S/C23H34O3/c1-13-14(2)23(5)16(12-20(13)26-15(3)24)6-7-17-18-8-9-21(25)22(18,4)11-10-19(17)23/h16-21,25H,1-2,6-12H2,3-5H3/t16?,17-,18-,19+,20?,21?,22-,23-/m0/s1. The van der Waals surface area contributed by atoms with Crippen LogP contribution < -0.4 is 0 Å². The fourth-order valence-corrected chi connectivity index (χ4v) is 7.50. The number of carbonyl (C=O) groups is 1. The molecule has 0 amide bonds. The first-order valence-corrected chi connectivity index (χ1v) is 10.4. The monoisotopic (exact) mass is 358 g/mol. The third kappa shape index (κ3) is 2.32. The molecule has 8 atom stereocenters. The quantitative estimate of drug-likeness (QED) is 0.694. The zero-order chi connectivity index (χ0) is 18.9. The highest BCUT2D eigenvalue weighted by Gasteiger charge is 2.61. The molecule has 3 unspecified atom stereocenters. The molecule has 4 fully saturated rings. The van der Waals surface area contributed by atoms with Gasteiger partial charge in [0.2, 0.25) is 0 Å². The highest BCUT2D eigenvalue weighted by Crippen LogP contribution is 2.67. The van der Waals surface area contributed by atoms with Crippen molar-refractivity contribution in [2.24, 2.45) is 34.5 Å². The van der Waals surface area contributed by atoms with Crippen molar-refractivity contribution in [3.05, 3.63) is 24.3 Å². The Kier molecular flexibility index (Phi) is 4.19. The number of ether oxygens (including phenoxy) is 1. The van der Waals surface area contributed by atoms with Crippen molar-refractivity contribution in [2.45, 2.75) is 77.9 Å². The van der Waals surface area contributed by atoms with Gasteiger partial charge >= 0.3 is 5.97 Å². The number of fused-ring (bicyclic) bond motifs is 5. The van der Waals surface area contributed by atoms with Gasteiger partial charge in [-0.1, -0.05) is 27.0 Å². The van der Waals surface area contributed by atoms with E-state index in [0.29, 0.717) is 23.7 Å². The predicted octanol–water partition coefficient (Wildman–Crippen LogP) is 4.65. The van der Waals surface area contributed by atoms with Gasteiger partial charge in [-0.2, -0.15) is 0 Å². The Hall–Kier alpha value is -1.09. The van der Waals surface area contributed by atoms with Gasteiger partial charge < -0.3 is 9.84 Å². The van der Waals surface area contributed by atoms with Crippen molar-refractivity contribution in [3.63, 3.8) is 0 Å². The lowest BCUT2D eigenvalue weighted by atomic mass is 9.43. The zero-order valence-corrected chi connectivity index (χ0v) is 16.6. The van der Waals surface area contributed by atoms with Crippen LogP contribution in [0.1, 0.15) is 65.7 Å². The van der Waals surface area contributed by atoms with Crippen molar-refractivity contribution in [2.75, 3.05) is 0 Å². The van der Waals surface area contributed by atoms with Crippen LogP contribution in [0.4, 0.5) is 0 Å². The minimum atomic E-state index is -0.227. The normalized spacial score (nSPS) is 50.6. The topological polar surface area (TPSA) is 46.5 Å². The molecule has 26 heavy (non-hydrogen) atoms. The molecule has 4 aliphatic carbocycles. The molecule has 0 saturated heterocycles. The maximum absolute atomic E-state index is 11.5. The molecule has 4 saturated carbocycles. The van der Waals surface area contributed by atoms with Gasteiger partial charge in [0.25, 0.3) is 0 Å². The summed E-state index contributed by atoms with van der Waals surface area (Å²) in [5, 5.41) is 10.6. The van der Waals surface area contributed by atoms with Crippen LogP contribution in [0.2, 0.25) is 0 Å². The van der Waals surface area contributed by atoms with Gasteiger partial charge in [-0.15, -0.1) is 0 Å². The molecule has 3 heteroatoms. The minimum absolute atomic E-state index is 0.0610. The number of carbonyl (C=O) groups excluding carboxylic acids is 1. The van der Waals surface area contributed by atoms with Gasteiger partial charge in [0, 0.05) is 6.92 Å². The van der Waals surface area contributed by atoms with E-state index in [9.17, 15) is 9.90 Å². The molecule has 0 aromatic rings. The van der Waals surface area contributed by atoms with E-state index < -0.39 is 0 Å². The van der Waals surface area contributed by atoms with Crippen LogP contribution in [0.15, 0.2) is 24.3 Å². The van der Waals surface area contributed by atoms with Crippen molar-refractivity contribution < 1.29 is 14.6 Å². The van der Waals surface area contributed by atoms with E-state index in [1.54, 1.807) is 0 Å². The molecule has 3 nitrogen and oxygen atoms in total. The van der Waals surface area contributed by atoms with Gasteiger partial charge in [0.15, 0.2) is 0 Å². The van der Waals surface area contributed by atoms with Crippen molar-refractivity contribution >= 4 is 5.97 Å². The number of aliphatic hydroxyl groups excluding tert-OH is 1. The van der Waals surface area contributed by atoms with Crippen molar-refractivity contribution in [1.82, 2.24) is 0 Å². The predicted molar refractivity (Wildman–Crippen MR) is 102 cm³/mol. The maximum Gasteiger partial charge on any atom is 0.303 e. The number of rotatable bonds is 1. The summed E-state index contributed by atoms with van der Waals surface area (Å²) >= 11 is 0. The first-order chi connectivity index (χ1) is 12.2. The Balaban J connectivity index is 1.64. The lowest BCUT2D eigenvalue weighted by molar-refractivity contribution is -0.149. The molecule has 0 aliphatic heterocycles. The molecule has 0 aromatic carbocycles. The molecule has 0 radical (unpaired) electrons. The van der Waals surface area contributed by atoms with Gasteiger partial charge in [-0.05, 0) is 90.6 Å². The third-order valence-electron chi connectivity index (χ3n) is 9.09. The summed E-state index contributed by atoms with van der Waals surface area (Å²) in [6.07, 6.45) is 7.40. The SMILES string of the molecule is C=C1C(=C)[C@@]2(C)C(CC[C@@H]3[C@H]2CC[C@]2(C)C(O)CC[C@@H]32)CC1OC(C)=O. The van der Waals surface area contributed by atoms with Crippen LogP contribution in [0.3, 0.4) is 0 Å². The highest BCUT2D eigenvalue weighted by molar-refractivity contribution is 5.67. The van der Waals surface area contributed by atoms with E-state index in [-0.39, 0.29) is 29.0 Å². The van der Waals surface area contributed by atoms with Gasteiger partial charge in [0.1, 0.15) is 6.10 Å². The van der Waals surface area contributed by atoms with Crippen LogP contribution in [-0.4, -0.2) is 23.3 Å². The van der Waals surface area contributed by atoms with Gasteiger partial charge in [-0.3, -0.25) is 4.79 Å². The van der Waals surface area contributed by atoms with Gasteiger partial charge in [0.05, 0.1) is 6.10 Å². The van der Waals surface area contributed by atoms with E-state index in [0.717, 1.165) is 30.4 Å². The fraction of sp³-hybridized carbons (Fsp3) is 0.783. The summed E-state index contributed by atoms with van der Waals surface area (Å²) in [5.74, 6) is 2.23. The Labute approximate surface area is 157 Å². The lowest BCUT2D eigenvalue weighted by Crippen LogP contribution is -2.55. The summed E-state index contributed by atoms with van der Waals surface area (Å²) < 4.78 is 5.57. The van der Waals surface area contributed by atoms with E-state index in [1.165, 1.54) is 32.6 Å². The van der Waals surface area contributed by atoms with Crippen LogP contribution >= 0.6 is 0 Å². The molecule has 4 rings (SSSR count). The second-order valence-corrected chi connectivity index (χ2v) is 9.91. The smallest absolute Gasteiger partial charge is 0.303 e. The summed E-state index contributed by atoms with van der Waals surface area (Å²) in [6.45, 7) is 15.0. The zero-order valence-electron chi connectivity index (χ0n) is 16.6. The number of aliphatic hydroxyl groups is 1. The average Bonchev–Trinajstić information content (AvgIpc) is 2.89. The first kappa shape index (κ1) is 18.3. The van der Waals surface area contributed by atoms with E-state index >= 15 is 0 Å². The fourth-order valence-electron chi connectivity index (χ4n) is 7.50. The summed E-state index contributed by atoms with van der Waals surface area (Å²) in [5.41, 5.74) is 2.22. The van der Waals surface area contributed by atoms with Crippen LogP contribution in [0.5, 0.6) is 0 Å². The second-order valence-electron chi connectivity index (χ2n) is 9.91. The molecule has 4 aliphatic rings. The Morgan fingerprint density at radius 2 is 1.85 bits per heavy atom. The molecule has 0 bridgehead atoms. The van der Waals surface area contributed by atoms with Gasteiger partial charge in [-0.25, -0.2) is 0 Å². The summed E-state index contributed by atoms with van der Waals surface area (Å²) in [6, 6.07) is 0. The maximum atomic E-state index is 11.5. The van der Waals surface area contributed by atoms with Crippen molar-refractivity contribution in [3.8, 4) is 0 Å². The number of hydrogen-bond donors (Lipinski definition) is 1. The summed E-state index contributed by atoms with van der Waals surface area (Å²) in [7, 11) is 0. The molecule has 144 valence electrons. The number of esters is 1. The van der Waals surface area contributed by atoms with Crippen LogP contribution in [-0.2, 0) is 9.53 Å². The average molecular weight is 359 g/mol. The third-order valence-corrected chi connectivity index (χ3v) is 9.09. The molecule has 0 spiro atoms. The largest absolute Gasteiger partial charge is 0.458 e.